The Hall–Kier alpha value is -3.15. The minimum absolute atomic E-state index is 0.0614. The van der Waals surface area contributed by atoms with Crippen molar-refractivity contribution in [2.45, 2.75) is 51.1 Å². The number of para-hydroxylation sites is 2. The van der Waals surface area contributed by atoms with E-state index in [2.05, 4.69) is 5.32 Å². The summed E-state index contributed by atoms with van der Waals surface area (Å²) in [4.78, 5) is 42.2. The highest BCUT2D eigenvalue weighted by Gasteiger charge is 2.49. The second kappa shape index (κ2) is 8.41. The van der Waals surface area contributed by atoms with Gasteiger partial charge in [0.25, 0.3) is 0 Å². The number of nitrogens with one attached hydrogen (secondary N) is 1. The van der Waals surface area contributed by atoms with Crippen molar-refractivity contribution in [1.82, 2.24) is 4.90 Å². The van der Waals surface area contributed by atoms with Gasteiger partial charge in [0.05, 0.1) is 17.9 Å². The van der Waals surface area contributed by atoms with Crippen molar-refractivity contribution in [2.75, 3.05) is 16.8 Å². The Labute approximate surface area is 188 Å². The number of benzene rings is 2. The first kappa shape index (κ1) is 20.7. The van der Waals surface area contributed by atoms with Crippen LogP contribution in [0.5, 0.6) is 0 Å². The smallest absolute Gasteiger partial charge is 0.247 e. The van der Waals surface area contributed by atoms with Crippen LogP contribution in [0.1, 0.15) is 50.6 Å². The standard InChI is InChI=1S/C26H29N3O3/c1-17-15-22(27-18-9-3-2-4-10-18)21-13-7-8-14-23(21)29(17)24(30)16-28-25(31)19-11-5-6-12-20(19)26(28)32/h2-4,7-10,13-14,17,19-20,22,27H,5-6,11-12,15-16H2,1H3/t17-,19-,20+,22-/m0/s1. The van der Waals surface area contributed by atoms with Gasteiger partial charge in [-0.2, -0.15) is 0 Å². The largest absolute Gasteiger partial charge is 0.378 e. The summed E-state index contributed by atoms with van der Waals surface area (Å²) in [6.07, 6.45) is 4.22. The van der Waals surface area contributed by atoms with E-state index in [0.29, 0.717) is 0 Å². The van der Waals surface area contributed by atoms with Crippen molar-refractivity contribution < 1.29 is 14.4 Å². The van der Waals surface area contributed by atoms with E-state index in [9.17, 15) is 14.4 Å². The lowest BCUT2D eigenvalue weighted by molar-refractivity contribution is -0.143. The quantitative estimate of drug-likeness (QED) is 0.739. The number of rotatable bonds is 4. The number of hydrogen-bond acceptors (Lipinski definition) is 4. The van der Waals surface area contributed by atoms with Crippen molar-refractivity contribution >= 4 is 29.1 Å². The molecule has 2 aliphatic heterocycles. The lowest BCUT2D eigenvalue weighted by Gasteiger charge is -2.40. The number of nitrogens with zero attached hydrogens (tertiary/aromatic N) is 2. The molecule has 4 atom stereocenters. The molecule has 1 saturated carbocycles. The molecule has 2 aromatic rings. The molecule has 2 fully saturated rings. The Kier molecular flexibility index (Phi) is 5.45. The van der Waals surface area contributed by atoms with Crippen LogP contribution >= 0.6 is 0 Å². The Bertz CT molecular complexity index is 1010. The van der Waals surface area contributed by atoms with E-state index in [0.717, 1.165) is 49.0 Å². The van der Waals surface area contributed by atoms with Gasteiger partial charge in [0.1, 0.15) is 6.54 Å². The number of carbonyl (C=O) groups excluding carboxylic acids is 3. The van der Waals surface area contributed by atoms with Crippen LogP contribution in [0.3, 0.4) is 0 Å². The molecule has 6 nitrogen and oxygen atoms in total. The molecule has 1 N–H and O–H groups in total. The second-order valence-corrected chi connectivity index (χ2v) is 9.23. The highest BCUT2D eigenvalue weighted by molar-refractivity contribution is 6.09. The van der Waals surface area contributed by atoms with E-state index in [-0.39, 0.29) is 48.2 Å². The SMILES string of the molecule is C[C@H]1C[C@H](Nc2ccccc2)c2ccccc2N1C(=O)CN1C(=O)[C@H]2CCCC[C@H]2C1=O. The first-order chi connectivity index (χ1) is 15.5. The topological polar surface area (TPSA) is 69.7 Å². The summed E-state index contributed by atoms with van der Waals surface area (Å²) in [6, 6.07) is 18.0. The van der Waals surface area contributed by atoms with Crippen LogP contribution in [0.4, 0.5) is 11.4 Å². The molecule has 0 bridgehead atoms. The third-order valence-electron chi connectivity index (χ3n) is 7.20. The van der Waals surface area contributed by atoms with E-state index < -0.39 is 0 Å². The van der Waals surface area contributed by atoms with Crippen LogP contribution < -0.4 is 10.2 Å². The van der Waals surface area contributed by atoms with Crippen LogP contribution in [0.15, 0.2) is 54.6 Å². The zero-order chi connectivity index (χ0) is 22.2. The molecule has 6 heteroatoms. The van der Waals surface area contributed by atoms with Crippen molar-refractivity contribution in [2.24, 2.45) is 11.8 Å². The maximum atomic E-state index is 13.4. The zero-order valence-corrected chi connectivity index (χ0v) is 18.4. The van der Waals surface area contributed by atoms with Gasteiger partial charge in [-0.3, -0.25) is 19.3 Å². The summed E-state index contributed by atoms with van der Waals surface area (Å²) >= 11 is 0. The minimum Gasteiger partial charge on any atom is -0.378 e. The van der Waals surface area contributed by atoms with E-state index >= 15 is 0 Å². The van der Waals surface area contributed by atoms with Gasteiger partial charge in [-0.1, -0.05) is 49.2 Å². The average molecular weight is 432 g/mol. The van der Waals surface area contributed by atoms with Gasteiger partial charge in [0.2, 0.25) is 17.7 Å². The van der Waals surface area contributed by atoms with Crippen LogP contribution in [0.2, 0.25) is 0 Å². The van der Waals surface area contributed by atoms with Gasteiger partial charge in [-0.15, -0.1) is 0 Å². The van der Waals surface area contributed by atoms with Gasteiger partial charge >= 0.3 is 0 Å². The summed E-state index contributed by atoms with van der Waals surface area (Å²) in [5.74, 6) is -0.961. The molecule has 0 spiro atoms. The molecule has 1 saturated heterocycles. The van der Waals surface area contributed by atoms with E-state index in [1.54, 1.807) is 4.90 Å². The third kappa shape index (κ3) is 3.57. The first-order valence-electron chi connectivity index (χ1n) is 11.6. The molecule has 0 unspecified atom stereocenters. The van der Waals surface area contributed by atoms with Gasteiger partial charge < -0.3 is 10.2 Å². The summed E-state index contributed by atoms with van der Waals surface area (Å²) in [5, 5.41) is 3.59. The Balaban J connectivity index is 1.38. The molecule has 5 rings (SSSR count). The Morgan fingerprint density at radius 3 is 2.25 bits per heavy atom. The summed E-state index contributed by atoms with van der Waals surface area (Å²) in [6.45, 7) is 1.86. The van der Waals surface area contributed by atoms with Crippen LogP contribution in [-0.4, -0.2) is 35.2 Å². The molecule has 3 aliphatic rings. The fourth-order valence-electron chi connectivity index (χ4n) is 5.66. The van der Waals surface area contributed by atoms with Crippen molar-refractivity contribution in [3.05, 3.63) is 60.2 Å². The van der Waals surface area contributed by atoms with Gasteiger partial charge in [-0.25, -0.2) is 0 Å². The van der Waals surface area contributed by atoms with E-state index in [1.807, 2.05) is 61.5 Å². The van der Waals surface area contributed by atoms with Crippen molar-refractivity contribution in [3.63, 3.8) is 0 Å². The molecule has 0 radical (unpaired) electrons. The van der Waals surface area contributed by atoms with Gasteiger partial charge in [0.15, 0.2) is 0 Å². The number of anilines is 2. The number of fused-ring (bicyclic) bond motifs is 2. The lowest BCUT2D eigenvalue weighted by Crippen LogP contribution is -2.49. The molecule has 0 aromatic heterocycles. The van der Waals surface area contributed by atoms with Crippen LogP contribution in [-0.2, 0) is 14.4 Å². The van der Waals surface area contributed by atoms with Crippen LogP contribution in [0.25, 0.3) is 0 Å². The normalized spacial score (nSPS) is 27.2. The number of hydrogen-bond donors (Lipinski definition) is 1. The minimum atomic E-state index is -0.227. The van der Waals surface area contributed by atoms with Crippen molar-refractivity contribution in [1.29, 1.82) is 0 Å². The second-order valence-electron chi connectivity index (χ2n) is 9.23. The maximum absolute atomic E-state index is 13.4. The summed E-state index contributed by atoms with van der Waals surface area (Å²) < 4.78 is 0. The molecule has 1 aliphatic carbocycles. The lowest BCUT2D eigenvalue weighted by atomic mass is 9.81. The van der Waals surface area contributed by atoms with Gasteiger partial charge in [-0.05, 0) is 49.9 Å². The fourth-order valence-corrected chi connectivity index (χ4v) is 5.66. The number of amides is 3. The molecule has 166 valence electrons. The zero-order valence-electron chi connectivity index (χ0n) is 18.4. The number of carbonyl (C=O) groups is 3. The maximum Gasteiger partial charge on any atom is 0.247 e. The molecular weight excluding hydrogens is 402 g/mol. The molecular formula is C26H29N3O3. The van der Waals surface area contributed by atoms with Crippen molar-refractivity contribution in [3.8, 4) is 0 Å². The molecule has 32 heavy (non-hydrogen) atoms. The highest BCUT2D eigenvalue weighted by atomic mass is 16.2. The molecule has 2 heterocycles. The molecule has 2 aromatic carbocycles. The van der Waals surface area contributed by atoms with E-state index in [1.165, 1.54) is 4.90 Å². The summed E-state index contributed by atoms with van der Waals surface area (Å²) in [5.41, 5.74) is 2.94. The average Bonchev–Trinajstić information content (AvgIpc) is 3.05. The number of likely N-dealkylation sites (tertiary alicyclic amines) is 1. The Morgan fingerprint density at radius 2 is 1.56 bits per heavy atom. The molecule has 3 amide bonds. The monoisotopic (exact) mass is 431 g/mol. The first-order valence-corrected chi connectivity index (χ1v) is 11.6. The predicted octanol–water partition coefficient (Wildman–Crippen LogP) is 4.14. The highest BCUT2D eigenvalue weighted by Crippen LogP contribution is 2.40. The summed E-state index contributed by atoms with van der Waals surface area (Å²) in [7, 11) is 0. The number of imide groups is 1. The predicted molar refractivity (Wildman–Crippen MR) is 123 cm³/mol. The van der Waals surface area contributed by atoms with E-state index in [4.69, 9.17) is 0 Å². The third-order valence-corrected chi connectivity index (χ3v) is 7.20. The Morgan fingerprint density at radius 1 is 0.938 bits per heavy atom. The fraction of sp³-hybridized carbons (Fsp3) is 0.423. The van der Waals surface area contributed by atoms with Crippen LogP contribution in [0, 0.1) is 11.8 Å². The van der Waals surface area contributed by atoms with Gasteiger partial charge in [0, 0.05) is 17.4 Å².